The van der Waals surface area contributed by atoms with Crippen LogP contribution in [0.25, 0.3) is 10.8 Å². The number of piperidine rings is 1. The Morgan fingerprint density at radius 3 is 2.45 bits per heavy atom. The topological polar surface area (TPSA) is 42.5 Å². The molecule has 0 aromatic heterocycles. The van der Waals surface area contributed by atoms with Crippen molar-refractivity contribution in [3.63, 3.8) is 0 Å². The smallest absolute Gasteiger partial charge is 0.162 e. The Bertz CT molecular complexity index is 1020. The Hall–Kier alpha value is -2.38. The Balaban J connectivity index is 1.71. The lowest BCUT2D eigenvalue weighted by Gasteiger charge is -2.25. The summed E-state index contributed by atoms with van der Waals surface area (Å²) in [6.07, 6.45) is 2.00. The number of ether oxygens (including phenoxy) is 2. The van der Waals surface area contributed by atoms with Gasteiger partial charge in [0.15, 0.2) is 23.1 Å². The van der Waals surface area contributed by atoms with E-state index in [2.05, 4.69) is 26.6 Å². The zero-order valence-electron chi connectivity index (χ0n) is 15.9. The third-order valence-electron chi connectivity index (χ3n) is 5.01. The highest BCUT2D eigenvalue weighted by molar-refractivity contribution is 9.10. The zero-order chi connectivity index (χ0) is 20.4. The summed E-state index contributed by atoms with van der Waals surface area (Å²) in [4.78, 5) is 0. The van der Waals surface area contributed by atoms with E-state index in [1.807, 2.05) is 24.3 Å². The summed E-state index contributed by atoms with van der Waals surface area (Å²) >= 11 is 3.10. The third-order valence-corrected chi connectivity index (χ3v) is 5.47. The Morgan fingerprint density at radius 2 is 1.76 bits per heavy atom. The van der Waals surface area contributed by atoms with Gasteiger partial charge >= 0.3 is 0 Å². The van der Waals surface area contributed by atoms with Crippen LogP contribution in [0.5, 0.6) is 11.5 Å². The second-order valence-electron chi connectivity index (χ2n) is 6.97. The Morgan fingerprint density at radius 1 is 1.03 bits per heavy atom. The molecule has 0 amide bonds. The number of methoxy groups -OCH3 is 1. The van der Waals surface area contributed by atoms with Crippen LogP contribution in [-0.2, 0) is 0 Å². The Kier molecular flexibility index (Phi) is 5.87. The lowest BCUT2D eigenvalue weighted by Crippen LogP contribution is -2.34. The predicted molar refractivity (Wildman–Crippen MR) is 114 cm³/mol. The first-order valence-corrected chi connectivity index (χ1v) is 10.2. The molecule has 1 aliphatic rings. The van der Waals surface area contributed by atoms with Crippen molar-refractivity contribution in [2.75, 3.05) is 25.5 Å². The van der Waals surface area contributed by atoms with E-state index in [4.69, 9.17) is 9.47 Å². The molecule has 152 valence electrons. The molecule has 1 saturated heterocycles. The molecule has 2 N–H and O–H groups in total. The fraction of sp³-hybridized carbons (Fsp3) is 0.273. The number of hydrogen-bond donors (Lipinski definition) is 2. The number of hydrogen-bond acceptors (Lipinski definition) is 4. The maximum absolute atomic E-state index is 14.3. The number of anilines is 2. The maximum atomic E-state index is 14.3. The molecule has 29 heavy (non-hydrogen) atoms. The molecule has 3 aromatic rings. The van der Waals surface area contributed by atoms with E-state index < -0.39 is 11.6 Å². The molecule has 1 heterocycles. The Labute approximate surface area is 176 Å². The predicted octanol–water partition coefficient (Wildman–Crippen LogP) is 5.76. The number of fused-ring (bicyclic) bond motifs is 1. The molecule has 7 heteroatoms. The van der Waals surface area contributed by atoms with Gasteiger partial charge in [-0.3, -0.25) is 0 Å². The van der Waals surface area contributed by atoms with E-state index in [9.17, 15) is 8.78 Å². The van der Waals surface area contributed by atoms with Crippen molar-refractivity contribution in [1.29, 1.82) is 0 Å². The molecule has 1 aliphatic heterocycles. The van der Waals surface area contributed by atoms with Gasteiger partial charge in [-0.2, -0.15) is 0 Å². The standard InChI is InChI=1S/C22H21BrF2N2O2/c1-28-20-12-16-13(9-21(20)29-15-5-7-26-8-6-15)3-2-4-19(16)27-22-17(24)10-14(23)11-18(22)25/h2-4,9-12,15,26-27H,5-8H2,1H3. The summed E-state index contributed by atoms with van der Waals surface area (Å²) in [5.74, 6) is -0.0921. The first-order valence-electron chi connectivity index (χ1n) is 9.45. The lowest BCUT2D eigenvalue weighted by atomic mass is 10.1. The van der Waals surface area contributed by atoms with Crippen LogP contribution in [0.4, 0.5) is 20.2 Å². The van der Waals surface area contributed by atoms with Crippen molar-refractivity contribution in [3.05, 3.63) is 58.6 Å². The molecule has 3 aromatic carbocycles. The van der Waals surface area contributed by atoms with Gasteiger partial charge in [0.1, 0.15) is 11.8 Å². The summed E-state index contributed by atoms with van der Waals surface area (Å²) < 4.78 is 40.6. The van der Waals surface area contributed by atoms with E-state index in [1.54, 1.807) is 13.2 Å². The fourth-order valence-electron chi connectivity index (χ4n) is 3.53. The SMILES string of the molecule is COc1cc2c(Nc3c(F)cc(Br)cc3F)cccc2cc1OC1CCNCC1. The van der Waals surface area contributed by atoms with Crippen LogP contribution in [0.15, 0.2) is 46.9 Å². The summed E-state index contributed by atoms with van der Waals surface area (Å²) in [5, 5.41) is 7.87. The van der Waals surface area contributed by atoms with Crippen LogP contribution in [0, 0.1) is 11.6 Å². The largest absolute Gasteiger partial charge is 0.493 e. The molecule has 0 bridgehead atoms. The molecule has 0 saturated carbocycles. The second-order valence-corrected chi connectivity index (χ2v) is 7.88. The van der Waals surface area contributed by atoms with Crippen LogP contribution in [0.3, 0.4) is 0 Å². The van der Waals surface area contributed by atoms with E-state index in [0.717, 1.165) is 36.7 Å². The normalized spacial score (nSPS) is 14.8. The quantitative estimate of drug-likeness (QED) is 0.505. The number of halogens is 3. The molecule has 0 spiro atoms. The maximum Gasteiger partial charge on any atom is 0.162 e. The lowest BCUT2D eigenvalue weighted by molar-refractivity contribution is 0.157. The van der Waals surface area contributed by atoms with Gasteiger partial charge in [0, 0.05) is 15.5 Å². The van der Waals surface area contributed by atoms with Gasteiger partial charge in [-0.25, -0.2) is 8.78 Å². The summed E-state index contributed by atoms with van der Waals surface area (Å²) in [6, 6.07) is 11.7. The highest BCUT2D eigenvalue weighted by atomic mass is 79.9. The van der Waals surface area contributed by atoms with Crippen molar-refractivity contribution in [1.82, 2.24) is 5.32 Å². The van der Waals surface area contributed by atoms with Gasteiger partial charge in [-0.05, 0) is 61.6 Å². The summed E-state index contributed by atoms with van der Waals surface area (Å²) in [6.45, 7) is 1.86. The second kappa shape index (κ2) is 8.55. The van der Waals surface area contributed by atoms with E-state index in [0.29, 0.717) is 21.7 Å². The van der Waals surface area contributed by atoms with Crippen molar-refractivity contribution in [2.24, 2.45) is 0 Å². The third kappa shape index (κ3) is 4.31. The molecular formula is C22H21BrF2N2O2. The van der Waals surface area contributed by atoms with Crippen molar-refractivity contribution >= 4 is 38.1 Å². The molecule has 0 aliphatic carbocycles. The fourth-order valence-corrected chi connectivity index (χ4v) is 3.94. The molecule has 0 radical (unpaired) electrons. The van der Waals surface area contributed by atoms with Crippen LogP contribution >= 0.6 is 15.9 Å². The number of rotatable bonds is 5. The van der Waals surface area contributed by atoms with Crippen LogP contribution in [-0.4, -0.2) is 26.3 Å². The van der Waals surface area contributed by atoms with Gasteiger partial charge < -0.3 is 20.1 Å². The van der Waals surface area contributed by atoms with Crippen LogP contribution in [0.1, 0.15) is 12.8 Å². The van der Waals surface area contributed by atoms with Crippen molar-refractivity contribution in [2.45, 2.75) is 18.9 Å². The molecule has 0 unspecified atom stereocenters. The van der Waals surface area contributed by atoms with Gasteiger partial charge in [-0.1, -0.05) is 28.1 Å². The van der Waals surface area contributed by atoms with Crippen LogP contribution < -0.4 is 20.1 Å². The first kappa shape index (κ1) is 19.9. The first-order chi connectivity index (χ1) is 14.0. The minimum absolute atomic E-state index is 0.134. The summed E-state index contributed by atoms with van der Waals surface area (Å²) in [7, 11) is 1.58. The van der Waals surface area contributed by atoms with Gasteiger partial charge in [0.05, 0.1) is 7.11 Å². The van der Waals surface area contributed by atoms with E-state index >= 15 is 0 Å². The monoisotopic (exact) mass is 462 g/mol. The van der Waals surface area contributed by atoms with Gasteiger partial charge in [-0.15, -0.1) is 0 Å². The zero-order valence-corrected chi connectivity index (χ0v) is 17.5. The highest BCUT2D eigenvalue weighted by Crippen LogP contribution is 2.38. The minimum Gasteiger partial charge on any atom is -0.493 e. The molecule has 0 atom stereocenters. The van der Waals surface area contributed by atoms with Crippen LogP contribution in [0.2, 0.25) is 0 Å². The van der Waals surface area contributed by atoms with Crippen molar-refractivity contribution < 1.29 is 18.3 Å². The molecular weight excluding hydrogens is 442 g/mol. The average Bonchev–Trinajstić information content (AvgIpc) is 2.71. The number of nitrogens with one attached hydrogen (secondary N) is 2. The van der Waals surface area contributed by atoms with Crippen molar-refractivity contribution in [3.8, 4) is 11.5 Å². The molecule has 1 fully saturated rings. The summed E-state index contributed by atoms with van der Waals surface area (Å²) in [5.41, 5.74) is 0.379. The van der Waals surface area contributed by atoms with E-state index in [1.165, 1.54) is 12.1 Å². The number of benzene rings is 3. The minimum atomic E-state index is -0.674. The van der Waals surface area contributed by atoms with Gasteiger partial charge in [0.25, 0.3) is 0 Å². The average molecular weight is 463 g/mol. The van der Waals surface area contributed by atoms with E-state index in [-0.39, 0.29) is 11.8 Å². The highest BCUT2D eigenvalue weighted by Gasteiger charge is 2.18. The molecule has 4 nitrogen and oxygen atoms in total. The van der Waals surface area contributed by atoms with Gasteiger partial charge in [0.2, 0.25) is 0 Å². The molecule has 4 rings (SSSR count).